The molecule has 2 atom stereocenters. The highest BCUT2D eigenvalue weighted by atomic mass is 19.1. The highest BCUT2D eigenvalue weighted by Crippen LogP contribution is 2.33. The Labute approximate surface area is 116 Å². The van der Waals surface area contributed by atoms with Crippen molar-refractivity contribution in [1.29, 1.82) is 0 Å². The van der Waals surface area contributed by atoms with E-state index in [0.717, 1.165) is 18.9 Å². The first-order valence-electron chi connectivity index (χ1n) is 6.65. The third kappa shape index (κ3) is 2.81. The van der Waals surface area contributed by atoms with E-state index >= 15 is 0 Å². The third-order valence-corrected chi connectivity index (χ3v) is 3.86. The molecule has 0 heterocycles. The van der Waals surface area contributed by atoms with Gasteiger partial charge in [0.25, 0.3) is 0 Å². The van der Waals surface area contributed by atoms with Gasteiger partial charge < -0.3 is 9.84 Å². The Hall–Kier alpha value is -1.91. The topological polar surface area (TPSA) is 63.6 Å². The summed E-state index contributed by atoms with van der Waals surface area (Å²) in [6.45, 7) is 0. The van der Waals surface area contributed by atoms with Crippen LogP contribution in [0.15, 0.2) is 18.2 Å². The molecule has 4 nitrogen and oxygen atoms in total. The maximum Gasteiger partial charge on any atom is 0.307 e. The van der Waals surface area contributed by atoms with Crippen LogP contribution >= 0.6 is 0 Å². The number of halogens is 1. The smallest absolute Gasteiger partial charge is 0.307 e. The molecule has 1 aromatic rings. The summed E-state index contributed by atoms with van der Waals surface area (Å²) in [7, 11) is 1.35. The fourth-order valence-corrected chi connectivity index (χ4v) is 2.77. The van der Waals surface area contributed by atoms with E-state index in [1.54, 1.807) is 0 Å². The minimum Gasteiger partial charge on any atom is -0.494 e. The van der Waals surface area contributed by atoms with Gasteiger partial charge in [0.2, 0.25) is 0 Å². The number of ketones is 1. The summed E-state index contributed by atoms with van der Waals surface area (Å²) in [6.07, 6.45) is 2.70. The van der Waals surface area contributed by atoms with Crippen LogP contribution in [-0.4, -0.2) is 24.0 Å². The van der Waals surface area contributed by atoms with Crippen molar-refractivity contribution in [3.8, 4) is 5.75 Å². The van der Waals surface area contributed by atoms with Crippen LogP contribution in [-0.2, 0) is 4.79 Å². The second-order valence-corrected chi connectivity index (χ2v) is 5.05. The first kappa shape index (κ1) is 14.5. The monoisotopic (exact) mass is 280 g/mol. The molecule has 20 heavy (non-hydrogen) atoms. The van der Waals surface area contributed by atoms with E-state index in [0.29, 0.717) is 12.8 Å². The van der Waals surface area contributed by atoms with Crippen molar-refractivity contribution in [1.82, 2.24) is 0 Å². The van der Waals surface area contributed by atoms with Crippen molar-refractivity contribution in [3.63, 3.8) is 0 Å². The van der Waals surface area contributed by atoms with Gasteiger partial charge in [0.1, 0.15) is 0 Å². The van der Waals surface area contributed by atoms with Crippen LogP contribution < -0.4 is 4.74 Å². The molecule has 0 aromatic heterocycles. The molecule has 1 N–H and O–H groups in total. The minimum atomic E-state index is -0.947. The van der Waals surface area contributed by atoms with E-state index in [4.69, 9.17) is 4.74 Å². The molecule has 0 aliphatic heterocycles. The van der Waals surface area contributed by atoms with Crippen LogP contribution in [0.4, 0.5) is 4.39 Å². The minimum absolute atomic E-state index is 0.0694. The molecular weight excluding hydrogens is 263 g/mol. The van der Waals surface area contributed by atoms with Crippen LogP contribution in [0.1, 0.15) is 36.0 Å². The van der Waals surface area contributed by atoms with Gasteiger partial charge in [0, 0.05) is 11.5 Å². The molecule has 0 spiro atoms. The van der Waals surface area contributed by atoms with E-state index < -0.39 is 23.6 Å². The van der Waals surface area contributed by atoms with Crippen molar-refractivity contribution in [3.05, 3.63) is 29.6 Å². The standard InChI is InChI=1S/C15H17FO4/c1-20-13-7-6-9(8-12(13)16)14(17)10-4-2-3-5-11(10)15(18)19/h6-8,10-11H,2-5H2,1H3,(H,18,19). The molecule has 2 rings (SSSR count). The lowest BCUT2D eigenvalue weighted by Gasteiger charge is -2.27. The van der Waals surface area contributed by atoms with Crippen molar-refractivity contribution in [2.24, 2.45) is 11.8 Å². The maximum atomic E-state index is 13.6. The number of carbonyl (C=O) groups excluding carboxylic acids is 1. The number of carboxylic acids is 1. The third-order valence-electron chi connectivity index (χ3n) is 3.86. The predicted octanol–water partition coefficient (Wildman–Crippen LogP) is 2.91. The van der Waals surface area contributed by atoms with Gasteiger partial charge in [-0.05, 0) is 31.0 Å². The number of benzene rings is 1. The van der Waals surface area contributed by atoms with Gasteiger partial charge in [-0.25, -0.2) is 4.39 Å². The molecular formula is C15H17FO4. The number of Topliss-reactive ketones (excluding diaryl/α,β-unsaturated/α-hetero) is 1. The molecule has 1 aliphatic rings. The quantitative estimate of drug-likeness (QED) is 0.861. The van der Waals surface area contributed by atoms with Gasteiger partial charge in [-0.1, -0.05) is 12.8 Å². The number of carboxylic acid groups (broad SMARTS) is 1. The molecule has 5 heteroatoms. The predicted molar refractivity (Wildman–Crippen MR) is 70.4 cm³/mol. The Balaban J connectivity index is 2.25. The van der Waals surface area contributed by atoms with Gasteiger partial charge in [-0.15, -0.1) is 0 Å². The van der Waals surface area contributed by atoms with E-state index in [9.17, 15) is 19.1 Å². The molecule has 1 aliphatic carbocycles. The fraction of sp³-hybridized carbons (Fsp3) is 0.467. The van der Waals surface area contributed by atoms with Gasteiger partial charge in [0.05, 0.1) is 13.0 Å². The number of hydrogen-bond donors (Lipinski definition) is 1. The summed E-state index contributed by atoms with van der Waals surface area (Å²) in [4.78, 5) is 23.6. The van der Waals surface area contributed by atoms with E-state index in [1.165, 1.54) is 19.2 Å². The zero-order valence-corrected chi connectivity index (χ0v) is 11.3. The lowest BCUT2D eigenvalue weighted by molar-refractivity contribution is -0.144. The second-order valence-electron chi connectivity index (χ2n) is 5.05. The maximum absolute atomic E-state index is 13.6. The average Bonchev–Trinajstić information content (AvgIpc) is 2.46. The van der Waals surface area contributed by atoms with Gasteiger partial charge in [-0.2, -0.15) is 0 Å². The molecule has 1 aromatic carbocycles. The largest absolute Gasteiger partial charge is 0.494 e. The zero-order chi connectivity index (χ0) is 14.7. The Morgan fingerprint density at radius 2 is 1.90 bits per heavy atom. The van der Waals surface area contributed by atoms with Crippen LogP contribution in [0, 0.1) is 17.7 Å². The number of carbonyl (C=O) groups is 2. The van der Waals surface area contributed by atoms with Crippen molar-refractivity contribution in [2.75, 3.05) is 7.11 Å². The Morgan fingerprint density at radius 3 is 2.45 bits per heavy atom. The molecule has 108 valence electrons. The molecule has 0 saturated heterocycles. The molecule has 2 unspecified atom stereocenters. The average molecular weight is 280 g/mol. The normalized spacial score (nSPS) is 22.3. The first-order valence-corrected chi connectivity index (χ1v) is 6.65. The van der Waals surface area contributed by atoms with E-state index in [-0.39, 0.29) is 17.1 Å². The molecule has 1 fully saturated rings. The number of hydrogen-bond acceptors (Lipinski definition) is 3. The summed E-state index contributed by atoms with van der Waals surface area (Å²) in [5, 5.41) is 9.19. The summed E-state index contributed by atoms with van der Waals surface area (Å²) < 4.78 is 18.4. The molecule has 1 saturated carbocycles. The number of ether oxygens (including phenoxy) is 1. The van der Waals surface area contributed by atoms with Crippen LogP contribution in [0.5, 0.6) is 5.75 Å². The Kier molecular flexibility index (Phi) is 4.37. The van der Waals surface area contributed by atoms with Gasteiger partial charge in [0.15, 0.2) is 17.3 Å². The first-order chi connectivity index (χ1) is 9.54. The summed E-state index contributed by atoms with van der Waals surface area (Å²) in [5.41, 5.74) is 0.210. The Morgan fingerprint density at radius 1 is 1.25 bits per heavy atom. The van der Waals surface area contributed by atoms with Gasteiger partial charge in [-0.3, -0.25) is 9.59 Å². The van der Waals surface area contributed by atoms with Crippen molar-refractivity contribution >= 4 is 11.8 Å². The molecule has 0 amide bonds. The lowest BCUT2D eigenvalue weighted by Crippen LogP contribution is -2.32. The molecule has 0 bridgehead atoms. The molecule has 0 radical (unpaired) electrons. The fourth-order valence-electron chi connectivity index (χ4n) is 2.77. The van der Waals surface area contributed by atoms with E-state index in [2.05, 4.69) is 0 Å². The zero-order valence-electron chi connectivity index (χ0n) is 11.3. The van der Waals surface area contributed by atoms with Gasteiger partial charge >= 0.3 is 5.97 Å². The Bertz CT molecular complexity index is 527. The summed E-state index contributed by atoms with van der Waals surface area (Å²) >= 11 is 0. The van der Waals surface area contributed by atoms with Crippen LogP contribution in [0.25, 0.3) is 0 Å². The highest BCUT2D eigenvalue weighted by Gasteiger charge is 2.36. The second kappa shape index (κ2) is 6.03. The number of aliphatic carboxylic acids is 1. The summed E-state index contributed by atoms with van der Waals surface area (Å²) in [5.74, 6) is -3.01. The van der Waals surface area contributed by atoms with Crippen LogP contribution in [0.3, 0.4) is 0 Å². The highest BCUT2D eigenvalue weighted by molar-refractivity contribution is 6.00. The van der Waals surface area contributed by atoms with Crippen LogP contribution in [0.2, 0.25) is 0 Å². The van der Waals surface area contributed by atoms with E-state index in [1.807, 2.05) is 0 Å². The lowest BCUT2D eigenvalue weighted by atomic mass is 9.75. The van der Waals surface area contributed by atoms with Crippen molar-refractivity contribution in [2.45, 2.75) is 25.7 Å². The number of methoxy groups -OCH3 is 1. The summed E-state index contributed by atoms with van der Waals surface area (Å²) in [6, 6.07) is 3.99. The number of rotatable bonds is 4. The van der Waals surface area contributed by atoms with Crippen molar-refractivity contribution < 1.29 is 23.8 Å². The SMILES string of the molecule is COc1ccc(C(=O)C2CCCCC2C(=O)O)cc1F.